The molecule has 3 aromatic carbocycles. The highest BCUT2D eigenvalue weighted by Crippen LogP contribution is 2.69. The highest BCUT2D eigenvalue weighted by molar-refractivity contribution is 5.96. The molecule has 196 valence electrons. The number of nitrogens with zero attached hydrogens (tertiary/aromatic N) is 1. The number of nitrogens with one attached hydrogen (secondary N) is 1. The largest absolute Gasteiger partial charge is 0.493 e. The summed E-state index contributed by atoms with van der Waals surface area (Å²) in [7, 11) is 1.73. The number of methoxy groups -OCH3 is 1. The molecule has 6 aliphatic rings. The molecule has 4 aliphatic carbocycles. The number of aromatic nitrogens is 1. The second-order valence-electron chi connectivity index (χ2n) is 13.0. The molecular formula is C34H32N2O3. The number of H-pyrrole nitrogens is 1. The molecule has 3 heterocycles. The predicted octanol–water partition coefficient (Wildman–Crippen LogP) is 5.45. The molecule has 1 saturated heterocycles. The van der Waals surface area contributed by atoms with Crippen molar-refractivity contribution in [2.24, 2.45) is 5.92 Å². The number of ether oxygens (including phenoxy) is 2. The maximum Gasteiger partial charge on any atom is 0.166 e. The first-order chi connectivity index (χ1) is 19.1. The van der Waals surface area contributed by atoms with Gasteiger partial charge in [-0.25, -0.2) is 0 Å². The summed E-state index contributed by atoms with van der Waals surface area (Å²) in [5, 5.41) is 14.4. The molecule has 1 spiro atoms. The van der Waals surface area contributed by atoms with Gasteiger partial charge in [0.2, 0.25) is 0 Å². The molecule has 5 nitrogen and oxygen atoms in total. The van der Waals surface area contributed by atoms with Crippen molar-refractivity contribution in [1.29, 1.82) is 0 Å². The predicted molar refractivity (Wildman–Crippen MR) is 150 cm³/mol. The second-order valence-corrected chi connectivity index (χ2v) is 13.0. The van der Waals surface area contributed by atoms with Crippen LogP contribution in [0, 0.1) is 5.92 Å². The molecule has 39 heavy (non-hydrogen) atoms. The summed E-state index contributed by atoms with van der Waals surface area (Å²) in [6.07, 6.45) is 5.80. The van der Waals surface area contributed by atoms with E-state index < -0.39 is 11.0 Å². The van der Waals surface area contributed by atoms with Crippen molar-refractivity contribution in [3.63, 3.8) is 0 Å². The van der Waals surface area contributed by atoms with Crippen LogP contribution in [0.3, 0.4) is 0 Å². The van der Waals surface area contributed by atoms with E-state index in [-0.39, 0.29) is 12.1 Å². The summed E-state index contributed by atoms with van der Waals surface area (Å²) in [6.45, 7) is 2.12. The fraction of sp³-hybridized carbons (Fsp3) is 0.412. The summed E-state index contributed by atoms with van der Waals surface area (Å²) in [4.78, 5) is 6.58. The Hall–Kier alpha value is -3.28. The normalized spacial score (nSPS) is 30.9. The van der Waals surface area contributed by atoms with Crippen LogP contribution in [0.1, 0.15) is 58.9 Å². The molecule has 5 heteroatoms. The Morgan fingerprint density at radius 2 is 1.95 bits per heavy atom. The lowest BCUT2D eigenvalue weighted by molar-refractivity contribution is -0.173. The number of piperidine rings is 1. The van der Waals surface area contributed by atoms with Gasteiger partial charge in [0.05, 0.1) is 29.3 Å². The van der Waals surface area contributed by atoms with Crippen molar-refractivity contribution < 1.29 is 14.6 Å². The molecule has 2 bridgehead atoms. The van der Waals surface area contributed by atoms with Crippen molar-refractivity contribution in [2.45, 2.75) is 61.7 Å². The molecular weight excluding hydrogens is 484 g/mol. The van der Waals surface area contributed by atoms with Crippen LogP contribution in [0.4, 0.5) is 0 Å². The third-order valence-corrected chi connectivity index (χ3v) is 11.3. The zero-order valence-corrected chi connectivity index (χ0v) is 22.2. The molecule has 2 unspecified atom stereocenters. The highest BCUT2D eigenvalue weighted by Gasteiger charge is 2.73. The number of aromatic amines is 1. The maximum absolute atomic E-state index is 13.2. The number of fused-ring (bicyclic) bond motifs is 8. The first-order valence-corrected chi connectivity index (χ1v) is 14.7. The smallest absolute Gasteiger partial charge is 0.166 e. The van der Waals surface area contributed by atoms with Gasteiger partial charge in [0.15, 0.2) is 17.6 Å². The van der Waals surface area contributed by atoms with Crippen molar-refractivity contribution in [3.8, 4) is 22.6 Å². The Morgan fingerprint density at radius 3 is 2.82 bits per heavy atom. The van der Waals surface area contributed by atoms with Gasteiger partial charge < -0.3 is 19.6 Å². The molecule has 1 saturated carbocycles. The number of likely N-dealkylation sites (tertiary alicyclic amines) is 1. The summed E-state index contributed by atoms with van der Waals surface area (Å²) < 4.78 is 12.8. The molecule has 0 amide bonds. The summed E-state index contributed by atoms with van der Waals surface area (Å²) in [6, 6.07) is 17.8. The lowest BCUT2D eigenvalue weighted by atomic mass is 9.49. The SMILES string of the molecule is COc1ccc2c3c1OC1c4[nH]c5c6c(ccc5c4CC4(O)[C@@H](C2)N(CC2CC2)CC[C@]314)-c1ccccc1C6. The van der Waals surface area contributed by atoms with E-state index in [2.05, 4.69) is 58.4 Å². The molecule has 2 aliphatic heterocycles. The highest BCUT2D eigenvalue weighted by atomic mass is 16.5. The number of benzene rings is 3. The molecule has 2 fully saturated rings. The Bertz CT molecular complexity index is 1750. The van der Waals surface area contributed by atoms with Gasteiger partial charge in [-0.1, -0.05) is 42.5 Å². The zero-order chi connectivity index (χ0) is 25.7. The van der Waals surface area contributed by atoms with Gasteiger partial charge in [-0.3, -0.25) is 4.90 Å². The van der Waals surface area contributed by atoms with Crippen LogP contribution in [0.2, 0.25) is 0 Å². The van der Waals surface area contributed by atoms with Gasteiger partial charge in [-0.15, -0.1) is 0 Å². The fourth-order valence-corrected chi connectivity index (χ4v) is 9.46. The summed E-state index contributed by atoms with van der Waals surface area (Å²) in [5.74, 6) is 2.44. The number of hydrogen-bond acceptors (Lipinski definition) is 4. The Balaban J connectivity index is 1.23. The minimum Gasteiger partial charge on any atom is -0.493 e. The van der Waals surface area contributed by atoms with Crippen molar-refractivity contribution >= 4 is 10.9 Å². The van der Waals surface area contributed by atoms with E-state index in [1.54, 1.807) is 7.11 Å². The average molecular weight is 517 g/mol. The van der Waals surface area contributed by atoms with Gasteiger partial charge in [0.25, 0.3) is 0 Å². The molecule has 1 aromatic heterocycles. The van der Waals surface area contributed by atoms with Crippen LogP contribution in [0.25, 0.3) is 22.0 Å². The topological polar surface area (TPSA) is 57.7 Å². The minimum absolute atomic E-state index is 0.0987. The van der Waals surface area contributed by atoms with Crippen LogP contribution in [0.15, 0.2) is 48.5 Å². The van der Waals surface area contributed by atoms with E-state index in [1.807, 2.05) is 0 Å². The van der Waals surface area contributed by atoms with Crippen LogP contribution < -0.4 is 9.47 Å². The van der Waals surface area contributed by atoms with E-state index in [9.17, 15) is 5.11 Å². The number of aliphatic hydroxyl groups is 1. The lowest BCUT2D eigenvalue weighted by Gasteiger charge is -2.62. The van der Waals surface area contributed by atoms with Gasteiger partial charge in [-0.05, 0) is 77.6 Å². The van der Waals surface area contributed by atoms with E-state index in [1.165, 1.54) is 68.4 Å². The quantitative estimate of drug-likeness (QED) is 0.335. The van der Waals surface area contributed by atoms with Crippen molar-refractivity contribution in [3.05, 3.63) is 82.0 Å². The monoisotopic (exact) mass is 516 g/mol. The molecule has 0 radical (unpaired) electrons. The third-order valence-electron chi connectivity index (χ3n) is 11.3. The minimum atomic E-state index is -0.889. The summed E-state index contributed by atoms with van der Waals surface area (Å²) in [5.41, 5.74) is 10.3. The van der Waals surface area contributed by atoms with E-state index in [4.69, 9.17) is 9.47 Å². The Labute approximate surface area is 227 Å². The van der Waals surface area contributed by atoms with Crippen molar-refractivity contribution in [1.82, 2.24) is 9.88 Å². The van der Waals surface area contributed by atoms with E-state index in [0.29, 0.717) is 6.42 Å². The second kappa shape index (κ2) is 6.89. The Morgan fingerprint density at radius 1 is 1.05 bits per heavy atom. The maximum atomic E-state index is 13.2. The fourth-order valence-electron chi connectivity index (χ4n) is 9.46. The average Bonchev–Trinajstić information content (AvgIpc) is 3.41. The molecule has 4 atom stereocenters. The van der Waals surface area contributed by atoms with Gasteiger partial charge in [0.1, 0.15) is 0 Å². The van der Waals surface area contributed by atoms with E-state index >= 15 is 0 Å². The molecule has 2 N–H and O–H groups in total. The number of hydrogen-bond donors (Lipinski definition) is 2. The van der Waals surface area contributed by atoms with Gasteiger partial charge in [0, 0.05) is 36.4 Å². The van der Waals surface area contributed by atoms with Crippen LogP contribution in [-0.4, -0.2) is 46.8 Å². The van der Waals surface area contributed by atoms with Crippen molar-refractivity contribution in [2.75, 3.05) is 20.2 Å². The first-order valence-electron chi connectivity index (χ1n) is 14.7. The third kappa shape index (κ3) is 2.39. The van der Waals surface area contributed by atoms with Gasteiger partial charge >= 0.3 is 0 Å². The molecule has 10 rings (SSSR count). The lowest BCUT2D eigenvalue weighted by Crippen LogP contribution is -2.74. The number of rotatable bonds is 3. The standard InChI is InChI=1S/C34H32N2O3/c1-38-26-11-8-20-15-27-34(37)16-25-23-10-9-22-21-5-3-2-4-19(21)14-24(22)29(23)35-30(25)32-33(34,28(20)31(26)39-32)12-13-36(27)17-18-6-7-18/h2-5,8-11,18,27,32,35,37H,6-7,12-17H2,1H3/t27-,32?,33+,34?/m1/s1. The van der Waals surface area contributed by atoms with Crippen LogP contribution in [-0.2, 0) is 24.7 Å². The first kappa shape index (κ1) is 21.5. The van der Waals surface area contributed by atoms with Gasteiger partial charge in [-0.2, -0.15) is 0 Å². The van der Waals surface area contributed by atoms with Crippen LogP contribution >= 0.6 is 0 Å². The van der Waals surface area contributed by atoms with Crippen LogP contribution in [0.5, 0.6) is 11.5 Å². The Kier molecular flexibility index (Phi) is 3.80. The summed E-state index contributed by atoms with van der Waals surface area (Å²) >= 11 is 0. The van der Waals surface area contributed by atoms with E-state index in [0.717, 1.165) is 49.8 Å². The molecule has 4 aromatic rings. The zero-order valence-electron chi connectivity index (χ0n) is 22.2.